The number of hydrogen-bond donors (Lipinski definition) is 2. The first kappa shape index (κ1) is 13.9. The summed E-state index contributed by atoms with van der Waals surface area (Å²) < 4.78 is 50.1. The van der Waals surface area contributed by atoms with Gasteiger partial charge in [0.2, 0.25) is 11.9 Å². The van der Waals surface area contributed by atoms with E-state index in [4.69, 9.17) is 5.41 Å². The Hall–Kier alpha value is -2.51. The van der Waals surface area contributed by atoms with E-state index < -0.39 is 24.0 Å². The molecule has 2 aromatic heterocycles. The van der Waals surface area contributed by atoms with E-state index >= 15 is 0 Å². The molecule has 20 heavy (non-hydrogen) atoms. The summed E-state index contributed by atoms with van der Waals surface area (Å²) in [5.74, 6) is -1.78. The third kappa shape index (κ3) is 3.28. The van der Waals surface area contributed by atoms with E-state index in [1.165, 1.54) is 12.3 Å². The second kappa shape index (κ2) is 5.64. The summed E-state index contributed by atoms with van der Waals surface area (Å²) in [5, 5.41) is 6.93. The molecule has 0 aliphatic heterocycles. The van der Waals surface area contributed by atoms with E-state index in [2.05, 4.69) is 15.0 Å². The van der Waals surface area contributed by atoms with Gasteiger partial charge in [-0.1, -0.05) is 0 Å². The Labute approximate surface area is 110 Å². The first-order valence-corrected chi connectivity index (χ1v) is 5.39. The van der Waals surface area contributed by atoms with Crippen molar-refractivity contribution in [3.63, 3.8) is 0 Å². The van der Waals surface area contributed by atoms with Crippen LogP contribution in [-0.2, 0) is 0 Å². The minimum atomic E-state index is -2.87. The van der Waals surface area contributed by atoms with Gasteiger partial charge in [0.15, 0.2) is 0 Å². The molecule has 0 fully saturated rings. The number of hydrogen-bond acceptors (Lipinski definition) is 3. The Bertz CT molecular complexity index is 643. The summed E-state index contributed by atoms with van der Waals surface area (Å²) in [6.45, 7) is 0. The van der Waals surface area contributed by atoms with Crippen molar-refractivity contribution in [2.24, 2.45) is 0 Å². The molecule has 0 aliphatic rings. The van der Waals surface area contributed by atoms with Crippen LogP contribution in [0.5, 0.6) is 0 Å². The lowest BCUT2D eigenvalue weighted by atomic mass is 10.2. The molecule has 2 aromatic rings. The number of alkyl halides is 2. The van der Waals surface area contributed by atoms with Crippen LogP contribution in [0.1, 0.15) is 5.82 Å². The molecule has 104 valence electrons. The van der Waals surface area contributed by atoms with E-state index in [0.29, 0.717) is 5.69 Å². The van der Waals surface area contributed by atoms with Crippen LogP contribution in [-0.4, -0.2) is 27.1 Å². The van der Waals surface area contributed by atoms with Gasteiger partial charge in [-0.2, -0.15) is 13.8 Å². The van der Waals surface area contributed by atoms with Crippen LogP contribution < -0.4 is 0 Å². The fourth-order valence-corrected chi connectivity index (χ4v) is 1.43. The Morgan fingerprint density at radius 2 is 1.90 bits per heavy atom. The summed E-state index contributed by atoms with van der Waals surface area (Å²) in [6, 6.07) is 2.01. The highest BCUT2D eigenvalue weighted by Crippen LogP contribution is 2.18. The SMILES string of the molecule is N=C(/C=C\c1ncc(-c2cc(F)nc(F)c2)[nH]1)C(F)F. The quantitative estimate of drug-likeness (QED) is 0.515. The molecular weight excluding hydrogens is 276 g/mol. The normalized spacial score (nSPS) is 11.4. The molecule has 2 N–H and O–H groups in total. The maximum Gasteiger partial charge on any atom is 0.279 e. The molecule has 2 rings (SSSR count). The summed E-state index contributed by atoms with van der Waals surface area (Å²) in [5.41, 5.74) is -0.372. The van der Waals surface area contributed by atoms with E-state index in [1.807, 2.05) is 0 Å². The fourth-order valence-electron chi connectivity index (χ4n) is 1.43. The number of H-pyrrole nitrogens is 1. The third-order valence-corrected chi connectivity index (χ3v) is 2.33. The molecule has 0 amide bonds. The minimum Gasteiger partial charge on any atom is -0.338 e. The van der Waals surface area contributed by atoms with E-state index in [0.717, 1.165) is 18.2 Å². The number of aromatic amines is 1. The van der Waals surface area contributed by atoms with Gasteiger partial charge in [0, 0.05) is 17.7 Å². The number of aromatic nitrogens is 3. The van der Waals surface area contributed by atoms with Crippen molar-refractivity contribution >= 4 is 11.8 Å². The highest BCUT2D eigenvalue weighted by atomic mass is 19.3. The highest BCUT2D eigenvalue weighted by molar-refractivity contribution is 5.97. The van der Waals surface area contributed by atoms with Crippen LogP contribution in [0, 0.1) is 17.3 Å². The van der Waals surface area contributed by atoms with Crippen LogP contribution >= 0.6 is 0 Å². The van der Waals surface area contributed by atoms with E-state index in [-0.39, 0.29) is 11.4 Å². The molecule has 0 radical (unpaired) electrons. The van der Waals surface area contributed by atoms with Crippen LogP contribution in [0.3, 0.4) is 0 Å². The zero-order valence-corrected chi connectivity index (χ0v) is 9.87. The number of allylic oxidation sites excluding steroid dienone is 1. The van der Waals surface area contributed by atoms with Crippen molar-refractivity contribution in [1.82, 2.24) is 15.0 Å². The number of halogens is 4. The Morgan fingerprint density at radius 3 is 2.50 bits per heavy atom. The molecule has 2 heterocycles. The maximum atomic E-state index is 13.0. The van der Waals surface area contributed by atoms with Gasteiger partial charge in [-0.3, -0.25) is 5.41 Å². The van der Waals surface area contributed by atoms with Crippen LogP contribution in [0.4, 0.5) is 17.6 Å². The first-order chi connectivity index (χ1) is 9.45. The average molecular weight is 284 g/mol. The van der Waals surface area contributed by atoms with Gasteiger partial charge in [-0.25, -0.2) is 13.8 Å². The number of imidazole rings is 1. The first-order valence-electron chi connectivity index (χ1n) is 5.39. The second-order valence-electron chi connectivity index (χ2n) is 3.77. The summed E-state index contributed by atoms with van der Waals surface area (Å²) >= 11 is 0. The fraction of sp³-hybridized carbons (Fsp3) is 0.0833. The predicted molar refractivity (Wildman–Crippen MR) is 64.5 cm³/mol. The van der Waals surface area contributed by atoms with Crippen molar-refractivity contribution in [3.8, 4) is 11.3 Å². The lowest BCUT2D eigenvalue weighted by Crippen LogP contribution is -2.03. The Morgan fingerprint density at radius 1 is 1.25 bits per heavy atom. The van der Waals surface area contributed by atoms with Crippen molar-refractivity contribution in [2.75, 3.05) is 0 Å². The number of pyridine rings is 1. The molecule has 0 atom stereocenters. The third-order valence-electron chi connectivity index (χ3n) is 2.33. The zero-order chi connectivity index (χ0) is 14.7. The molecule has 0 bridgehead atoms. The van der Waals surface area contributed by atoms with E-state index in [1.54, 1.807) is 0 Å². The van der Waals surface area contributed by atoms with Crippen LogP contribution in [0.25, 0.3) is 17.3 Å². The summed E-state index contributed by atoms with van der Waals surface area (Å²) in [6.07, 6.45) is 0.483. The van der Waals surface area contributed by atoms with Crippen molar-refractivity contribution in [3.05, 3.63) is 42.1 Å². The average Bonchev–Trinajstić information content (AvgIpc) is 2.83. The maximum absolute atomic E-state index is 13.0. The van der Waals surface area contributed by atoms with Crippen LogP contribution in [0.2, 0.25) is 0 Å². The van der Waals surface area contributed by atoms with Gasteiger partial charge in [0.1, 0.15) is 5.82 Å². The molecule has 0 spiro atoms. The topological polar surface area (TPSA) is 65.4 Å². The molecule has 0 saturated carbocycles. The number of nitrogens with zero attached hydrogens (tertiary/aromatic N) is 2. The largest absolute Gasteiger partial charge is 0.338 e. The molecule has 0 aromatic carbocycles. The van der Waals surface area contributed by atoms with Gasteiger partial charge in [-0.15, -0.1) is 0 Å². The minimum absolute atomic E-state index is 0.183. The smallest absolute Gasteiger partial charge is 0.279 e. The summed E-state index contributed by atoms with van der Waals surface area (Å²) in [7, 11) is 0. The standard InChI is InChI=1S/C12H8F4N4/c13-9-3-6(4-10(14)20-9)8-5-18-11(19-8)2-1-7(17)12(15)16/h1-5,12,17H,(H,18,19)/b2-1-,17-7?. The predicted octanol–water partition coefficient (Wildman–Crippen LogP) is 3.05. The van der Waals surface area contributed by atoms with Gasteiger partial charge >= 0.3 is 0 Å². The lowest BCUT2D eigenvalue weighted by molar-refractivity contribution is 0.226. The van der Waals surface area contributed by atoms with Crippen molar-refractivity contribution in [1.29, 1.82) is 5.41 Å². The van der Waals surface area contributed by atoms with Gasteiger partial charge in [-0.05, 0) is 12.2 Å². The molecule has 0 saturated heterocycles. The Kier molecular flexibility index (Phi) is 3.92. The van der Waals surface area contributed by atoms with E-state index in [9.17, 15) is 17.6 Å². The van der Waals surface area contributed by atoms with Gasteiger partial charge in [0.25, 0.3) is 6.43 Å². The zero-order valence-electron chi connectivity index (χ0n) is 9.87. The van der Waals surface area contributed by atoms with Gasteiger partial charge < -0.3 is 4.98 Å². The van der Waals surface area contributed by atoms with Crippen molar-refractivity contribution < 1.29 is 17.6 Å². The molecule has 4 nitrogen and oxygen atoms in total. The van der Waals surface area contributed by atoms with Crippen molar-refractivity contribution in [2.45, 2.75) is 6.43 Å². The molecule has 8 heteroatoms. The monoisotopic (exact) mass is 284 g/mol. The number of nitrogens with one attached hydrogen (secondary N) is 2. The molecule has 0 unspecified atom stereocenters. The lowest BCUT2D eigenvalue weighted by Gasteiger charge is -1.97. The molecular formula is C12H8F4N4. The molecule has 0 aliphatic carbocycles. The van der Waals surface area contributed by atoms with Crippen LogP contribution in [0.15, 0.2) is 24.4 Å². The Balaban J connectivity index is 2.23. The summed E-state index contributed by atoms with van der Waals surface area (Å²) in [4.78, 5) is 9.46. The number of rotatable bonds is 4. The second-order valence-corrected chi connectivity index (χ2v) is 3.77. The highest BCUT2D eigenvalue weighted by Gasteiger charge is 2.08. The van der Waals surface area contributed by atoms with Gasteiger partial charge in [0.05, 0.1) is 17.6 Å².